The van der Waals surface area contributed by atoms with Crippen LogP contribution in [-0.4, -0.2) is 33.7 Å². The van der Waals surface area contributed by atoms with E-state index in [9.17, 15) is 14.4 Å². The maximum absolute atomic E-state index is 12.5. The Morgan fingerprint density at radius 2 is 1.78 bits per heavy atom. The van der Waals surface area contributed by atoms with Crippen molar-refractivity contribution in [3.8, 4) is 0 Å². The number of carbonyl (C=O) groups is 3. The van der Waals surface area contributed by atoms with Gasteiger partial charge in [0.2, 0.25) is 0 Å². The number of aryl methyl sites for hydroxylation is 1. The van der Waals surface area contributed by atoms with Gasteiger partial charge in [0.1, 0.15) is 6.54 Å². The number of thiazole rings is 1. The monoisotopic (exact) mass is 443 g/mol. The summed E-state index contributed by atoms with van der Waals surface area (Å²) in [6, 6.07) is 12.4. The number of hydrogen-bond donors (Lipinski definition) is 0. The smallest absolute Gasteiger partial charge is 0.268 e. The molecule has 0 saturated heterocycles. The Hall–Kier alpha value is -2.58. The maximum Gasteiger partial charge on any atom is 0.268 e. The van der Waals surface area contributed by atoms with Gasteiger partial charge in [0.25, 0.3) is 17.7 Å². The molecule has 0 N–H and O–H groups in total. The first-order valence-corrected chi connectivity index (χ1v) is 9.92. The van der Waals surface area contributed by atoms with Gasteiger partial charge in [0, 0.05) is 11.0 Å². The molecule has 27 heavy (non-hydrogen) atoms. The molecule has 0 spiro atoms. The summed E-state index contributed by atoms with van der Waals surface area (Å²) in [6.45, 7) is 2.26. The van der Waals surface area contributed by atoms with Crippen LogP contribution in [0.1, 0.15) is 27.6 Å². The van der Waals surface area contributed by atoms with Crippen molar-refractivity contribution in [2.75, 3.05) is 6.54 Å². The highest BCUT2D eigenvalue weighted by atomic mass is 79.9. The highest BCUT2D eigenvalue weighted by molar-refractivity contribution is 9.10. The van der Waals surface area contributed by atoms with E-state index >= 15 is 0 Å². The van der Waals surface area contributed by atoms with Crippen molar-refractivity contribution in [2.24, 2.45) is 4.99 Å². The van der Waals surface area contributed by atoms with Crippen LogP contribution in [-0.2, 0) is 11.3 Å². The molecule has 0 saturated carbocycles. The molecule has 4 rings (SSSR count). The molecule has 6 nitrogen and oxygen atoms in total. The minimum atomic E-state index is -0.530. The Labute approximate surface area is 166 Å². The van der Waals surface area contributed by atoms with Gasteiger partial charge >= 0.3 is 0 Å². The second-order valence-corrected chi connectivity index (χ2v) is 7.91. The van der Waals surface area contributed by atoms with Crippen LogP contribution in [0.5, 0.6) is 0 Å². The van der Waals surface area contributed by atoms with E-state index in [2.05, 4.69) is 20.9 Å². The number of amides is 3. The average Bonchev–Trinajstić information content (AvgIpc) is 3.11. The van der Waals surface area contributed by atoms with Crippen molar-refractivity contribution in [3.05, 3.63) is 62.9 Å². The predicted molar refractivity (Wildman–Crippen MR) is 106 cm³/mol. The Balaban J connectivity index is 1.66. The highest BCUT2D eigenvalue weighted by Crippen LogP contribution is 2.23. The summed E-state index contributed by atoms with van der Waals surface area (Å²) in [4.78, 5) is 43.0. The van der Waals surface area contributed by atoms with Gasteiger partial charge in [-0.3, -0.25) is 19.3 Å². The molecule has 0 radical (unpaired) electrons. The summed E-state index contributed by atoms with van der Waals surface area (Å²) in [6.07, 6.45) is 0. The number of halogens is 1. The Bertz CT molecular complexity index is 1140. The number of carbonyl (C=O) groups excluding carboxylic acids is 3. The Morgan fingerprint density at radius 3 is 2.41 bits per heavy atom. The van der Waals surface area contributed by atoms with Crippen LogP contribution in [0.2, 0.25) is 0 Å². The lowest BCUT2D eigenvalue weighted by Gasteiger charge is -2.10. The minimum absolute atomic E-state index is 0.325. The summed E-state index contributed by atoms with van der Waals surface area (Å²) in [5.41, 5.74) is 1.63. The fourth-order valence-corrected chi connectivity index (χ4v) is 4.76. The average molecular weight is 444 g/mol. The van der Waals surface area contributed by atoms with Crippen LogP contribution in [0.25, 0.3) is 10.2 Å². The zero-order valence-electron chi connectivity index (χ0n) is 14.3. The predicted octanol–water partition coefficient (Wildman–Crippen LogP) is 3.21. The summed E-state index contributed by atoms with van der Waals surface area (Å²) >= 11 is 4.84. The van der Waals surface area contributed by atoms with Crippen molar-refractivity contribution in [1.82, 2.24) is 9.47 Å². The molecular weight excluding hydrogens is 430 g/mol. The lowest BCUT2D eigenvalue weighted by atomic mass is 10.1. The number of fused-ring (bicyclic) bond motifs is 2. The van der Waals surface area contributed by atoms with Crippen LogP contribution >= 0.6 is 27.3 Å². The number of benzene rings is 2. The van der Waals surface area contributed by atoms with E-state index in [0.717, 1.165) is 19.6 Å². The van der Waals surface area contributed by atoms with E-state index in [4.69, 9.17) is 0 Å². The van der Waals surface area contributed by atoms with Crippen LogP contribution in [0.3, 0.4) is 0 Å². The lowest BCUT2D eigenvalue weighted by Crippen LogP contribution is -2.35. The standard InChI is InChI=1S/C19H14BrN3O3S/c1-2-22-14-8-7-11(20)9-15(14)27-19(22)21-16(24)10-23-17(25)12-5-3-4-6-13(12)18(23)26/h3-9H,2,10H2,1H3. The molecule has 3 aromatic rings. The number of nitrogens with zero attached hydrogens (tertiary/aromatic N) is 3. The minimum Gasteiger partial charge on any atom is -0.317 e. The summed E-state index contributed by atoms with van der Waals surface area (Å²) in [5.74, 6) is -1.44. The second-order valence-electron chi connectivity index (χ2n) is 5.99. The number of imide groups is 1. The third kappa shape index (κ3) is 3.04. The molecule has 2 aromatic carbocycles. The summed E-state index contributed by atoms with van der Waals surface area (Å²) in [5, 5.41) is 0. The normalized spacial score (nSPS) is 14.3. The molecule has 1 aliphatic heterocycles. The number of hydrogen-bond acceptors (Lipinski definition) is 4. The summed E-state index contributed by atoms with van der Waals surface area (Å²) in [7, 11) is 0. The molecule has 0 fully saturated rings. The number of aromatic nitrogens is 1. The second kappa shape index (κ2) is 6.86. The van der Waals surface area contributed by atoms with Gasteiger partial charge in [-0.05, 0) is 37.3 Å². The van der Waals surface area contributed by atoms with E-state index in [1.165, 1.54) is 11.3 Å². The molecule has 0 unspecified atom stereocenters. The fourth-order valence-electron chi connectivity index (χ4n) is 3.10. The quantitative estimate of drug-likeness (QED) is 0.583. The molecule has 3 amide bonds. The Kier molecular flexibility index (Phi) is 4.53. The van der Waals surface area contributed by atoms with Crippen LogP contribution in [0.15, 0.2) is 51.9 Å². The first kappa shape index (κ1) is 17.8. The topological polar surface area (TPSA) is 71.7 Å². The summed E-state index contributed by atoms with van der Waals surface area (Å²) < 4.78 is 3.88. The molecule has 1 aliphatic rings. The van der Waals surface area contributed by atoms with Gasteiger partial charge in [-0.25, -0.2) is 0 Å². The molecule has 0 bridgehead atoms. The van der Waals surface area contributed by atoms with Crippen molar-refractivity contribution in [3.63, 3.8) is 0 Å². The van der Waals surface area contributed by atoms with E-state index < -0.39 is 17.7 Å². The van der Waals surface area contributed by atoms with E-state index in [1.807, 2.05) is 29.7 Å². The van der Waals surface area contributed by atoms with Gasteiger partial charge < -0.3 is 4.57 Å². The molecule has 2 heterocycles. The third-order valence-electron chi connectivity index (χ3n) is 4.35. The van der Waals surface area contributed by atoms with Gasteiger partial charge in [-0.15, -0.1) is 0 Å². The van der Waals surface area contributed by atoms with Gasteiger partial charge in [-0.2, -0.15) is 4.99 Å². The van der Waals surface area contributed by atoms with Gasteiger partial charge in [0.15, 0.2) is 4.80 Å². The van der Waals surface area contributed by atoms with E-state index in [1.54, 1.807) is 24.3 Å². The zero-order chi connectivity index (χ0) is 19.1. The fraction of sp³-hybridized carbons (Fsp3) is 0.158. The molecule has 136 valence electrons. The first-order chi connectivity index (χ1) is 13.0. The SMILES string of the molecule is CCn1c(=NC(=O)CN2C(=O)c3ccccc3C2=O)sc2cc(Br)ccc21. The molecule has 0 aliphatic carbocycles. The number of rotatable bonds is 3. The van der Waals surface area contributed by atoms with Crippen LogP contribution in [0, 0.1) is 0 Å². The highest BCUT2D eigenvalue weighted by Gasteiger charge is 2.36. The molecular formula is C19H14BrN3O3S. The lowest BCUT2D eigenvalue weighted by molar-refractivity contribution is -0.118. The first-order valence-electron chi connectivity index (χ1n) is 8.31. The van der Waals surface area contributed by atoms with Crippen LogP contribution in [0.4, 0.5) is 0 Å². The third-order valence-corrected chi connectivity index (χ3v) is 5.89. The van der Waals surface area contributed by atoms with Crippen molar-refractivity contribution >= 4 is 55.2 Å². The Morgan fingerprint density at radius 1 is 1.11 bits per heavy atom. The molecule has 1 aromatic heterocycles. The molecule has 8 heteroatoms. The zero-order valence-corrected chi connectivity index (χ0v) is 16.7. The van der Waals surface area contributed by atoms with E-state index in [-0.39, 0.29) is 6.54 Å². The largest absolute Gasteiger partial charge is 0.317 e. The van der Waals surface area contributed by atoms with Crippen molar-refractivity contribution < 1.29 is 14.4 Å². The van der Waals surface area contributed by atoms with Crippen molar-refractivity contribution in [1.29, 1.82) is 0 Å². The molecule has 0 atom stereocenters. The van der Waals surface area contributed by atoms with Gasteiger partial charge in [0.05, 0.1) is 21.3 Å². The van der Waals surface area contributed by atoms with E-state index in [0.29, 0.717) is 22.5 Å². The van der Waals surface area contributed by atoms with Gasteiger partial charge in [-0.1, -0.05) is 39.4 Å². The van der Waals surface area contributed by atoms with Crippen molar-refractivity contribution in [2.45, 2.75) is 13.5 Å². The van der Waals surface area contributed by atoms with Crippen LogP contribution < -0.4 is 4.80 Å². The maximum atomic E-state index is 12.5.